The summed E-state index contributed by atoms with van der Waals surface area (Å²) in [5, 5.41) is 2.68. The molecule has 0 fully saturated rings. The van der Waals surface area contributed by atoms with Crippen molar-refractivity contribution in [2.75, 3.05) is 5.73 Å². The van der Waals surface area contributed by atoms with Crippen molar-refractivity contribution in [2.24, 2.45) is 0 Å². The van der Waals surface area contributed by atoms with Crippen molar-refractivity contribution in [3.8, 4) is 0 Å². The van der Waals surface area contributed by atoms with Crippen molar-refractivity contribution in [3.63, 3.8) is 0 Å². The number of anilines is 1. The molecule has 0 saturated carbocycles. The molecule has 27 heavy (non-hydrogen) atoms. The van der Waals surface area contributed by atoms with Crippen LogP contribution in [-0.4, -0.2) is 4.57 Å². The molecule has 0 saturated heterocycles. The summed E-state index contributed by atoms with van der Waals surface area (Å²) in [6.45, 7) is 7.06. The lowest BCUT2D eigenvalue weighted by Crippen LogP contribution is -2.30. The lowest BCUT2D eigenvalue weighted by Gasteiger charge is -2.34. The number of para-hydroxylation sites is 1. The Labute approximate surface area is 164 Å². The number of aromatic nitrogens is 1. The van der Waals surface area contributed by atoms with E-state index < -0.39 is 0 Å². The first kappa shape index (κ1) is 19.8. The Balaban J connectivity index is 2.10. The Kier molecular flexibility index (Phi) is 6.46. The Morgan fingerprint density at radius 2 is 1.41 bits per heavy atom. The number of hydrogen-bond acceptors (Lipinski definition) is 1. The Hall–Kier alpha value is -1.96. The smallest absolute Gasteiger partial charge is 0.0517 e. The van der Waals surface area contributed by atoms with Crippen LogP contribution in [0, 0.1) is 0 Å². The molecule has 0 aliphatic heterocycles. The molecule has 0 spiro atoms. The zero-order valence-electron chi connectivity index (χ0n) is 17.4. The molecule has 0 radical (unpaired) electrons. The standard InChI is InChI=1S/C25H36N2/c1-4-6-8-12-18-25(3,17-11-7-5-2)27-23-14-10-9-13-21(23)22-16-15-20(26)19-24(22)27/h9-10,13-16,19H,4-8,11-12,17-18,26H2,1-3H3. The predicted molar refractivity (Wildman–Crippen MR) is 120 cm³/mol. The molecule has 1 heterocycles. The first-order valence-corrected chi connectivity index (χ1v) is 10.9. The molecule has 1 unspecified atom stereocenters. The highest BCUT2D eigenvalue weighted by Crippen LogP contribution is 2.40. The maximum atomic E-state index is 6.21. The van der Waals surface area contributed by atoms with E-state index in [4.69, 9.17) is 5.73 Å². The quantitative estimate of drug-likeness (QED) is 0.291. The van der Waals surface area contributed by atoms with Crippen LogP contribution in [0.5, 0.6) is 0 Å². The summed E-state index contributed by atoms with van der Waals surface area (Å²) in [5.41, 5.74) is 9.85. The number of nitrogens with two attached hydrogens (primary N) is 1. The van der Waals surface area contributed by atoms with Gasteiger partial charge in [-0.05, 0) is 38.0 Å². The van der Waals surface area contributed by atoms with E-state index in [2.05, 4.69) is 61.7 Å². The van der Waals surface area contributed by atoms with Crippen molar-refractivity contribution in [2.45, 2.75) is 84.1 Å². The molecule has 3 aromatic rings. The molecule has 0 aliphatic rings. The van der Waals surface area contributed by atoms with Crippen LogP contribution in [0.4, 0.5) is 5.69 Å². The van der Waals surface area contributed by atoms with Crippen molar-refractivity contribution in [1.29, 1.82) is 0 Å². The zero-order valence-corrected chi connectivity index (χ0v) is 17.4. The number of benzene rings is 2. The first-order chi connectivity index (χ1) is 13.1. The minimum Gasteiger partial charge on any atom is -0.399 e. The minimum absolute atomic E-state index is 0.137. The number of nitrogens with zero attached hydrogens (tertiary/aromatic N) is 1. The largest absolute Gasteiger partial charge is 0.399 e. The predicted octanol–water partition coefficient (Wildman–Crippen LogP) is 7.64. The first-order valence-electron chi connectivity index (χ1n) is 10.9. The molecule has 1 atom stereocenters. The van der Waals surface area contributed by atoms with Crippen molar-refractivity contribution in [1.82, 2.24) is 4.57 Å². The topological polar surface area (TPSA) is 30.9 Å². The third-order valence-electron chi connectivity index (χ3n) is 6.13. The van der Waals surface area contributed by atoms with Crippen LogP contribution in [0.3, 0.4) is 0 Å². The molecular weight excluding hydrogens is 328 g/mol. The molecular formula is C25H36N2. The molecule has 2 N–H and O–H groups in total. The average molecular weight is 365 g/mol. The number of unbranched alkanes of at least 4 members (excludes halogenated alkanes) is 5. The van der Waals surface area contributed by atoms with Gasteiger partial charge >= 0.3 is 0 Å². The summed E-state index contributed by atoms with van der Waals surface area (Å²) < 4.78 is 2.62. The van der Waals surface area contributed by atoms with E-state index in [1.165, 1.54) is 79.6 Å². The second kappa shape index (κ2) is 8.82. The number of fused-ring (bicyclic) bond motifs is 3. The zero-order chi connectivity index (χ0) is 19.3. The molecule has 2 nitrogen and oxygen atoms in total. The van der Waals surface area contributed by atoms with Crippen LogP contribution in [0.25, 0.3) is 21.8 Å². The summed E-state index contributed by atoms with van der Waals surface area (Å²) in [7, 11) is 0. The van der Waals surface area contributed by atoms with Crippen LogP contribution in [0.1, 0.15) is 78.6 Å². The fourth-order valence-electron chi connectivity index (χ4n) is 4.61. The maximum absolute atomic E-state index is 6.21. The van der Waals surface area contributed by atoms with Gasteiger partial charge in [0.25, 0.3) is 0 Å². The highest BCUT2D eigenvalue weighted by atomic mass is 15.1. The summed E-state index contributed by atoms with van der Waals surface area (Å²) in [6.07, 6.45) is 11.6. The summed E-state index contributed by atoms with van der Waals surface area (Å²) in [5.74, 6) is 0. The fourth-order valence-corrected chi connectivity index (χ4v) is 4.61. The van der Waals surface area contributed by atoms with Crippen molar-refractivity contribution < 1.29 is 0 Å². The van der Waals surface area contributed by atoms with E-state index in [0.717, 1.165) is 5.69 Å². The fraction of sp³-hybridized carbons (Fsp3) is 0.520. The van der Waals surface area contributed by atoms with Gasteiger partial charge in [0.2, 0.25) is 0 Å². The van der Waals surface area contributed by atoms with Gasteiger partial charge in [0.05, 0.1) is 5.52 Å². The Morgan fingerprint density at radius 3 is 2.15 bits per heavy atom. The highest BCUT2D eigenvalue weighted by Gasteiger charge is 2.29. The van der Waals surface area contributed by atoms with E-state index in [1.54, 1.807) is 0 Å². The van der Waals surface area contributed by atoms with Crippen LogP contribution in [0.15, 0.2) is 42.5 Å². The molecule has 2 heteroatoms. The molecule has 0 amide bonds. The van der Waals surface area contributed by atoms with E-state index in [1.807, 2.05) is 6.07 Å². The van der Waals surface area contributed by atoms with E-state index in [-0.39, 0.29) is 5.54 Å². The van der Waals surface area contributed by atoms with Gasteiger partial charge in [-0.2, -0.15) is 0 Å². The number of hydrogen-bond donors (Lipinski definition) is 1. The van der Waals surface area contributed by atoms with Gasteiger partial charge in [0.1, 0.15) is 0 Å². The Bertz CT molecular complexity index is 877. The van der Waals surface area contributed by atoms with Crippen molar-refractivity contribution in [3.05, 3.63) is 42.5 Å². The third-order valence-corrected chi connectivity index (χ3v) is 6.13. The SMILES string of the molecule is CCCCCCC(C)(CCCCC)n1c2ccccc2c2ccc(N)cc21. The Morgan fingerprint density at radius 1 is 0.778 bits per heavy atom. The van der Waals surface area contributed by atoms with Gasteiger partial charge in [-0.1, -0.05) is 83.1 Å². The summed E-state index contributed by atoms with van der Waals surface area (Å²) in [4.78, 5) is 0. The van der Waals surface area contributed by atoms with Crippen LogP contribution >= 0.6 is 0 Å². The number of nitrogen functional groups attached to an aromatic ring is 1. The molecule has 2 aromatic carbocycles. The number of rotatable bonds is 10. The molecule has 0 aliphatic carbocycles. The maximum Gasteiger partial charge on any atom is 0.0517 e. The monoisotopic (exact) mass is 364 g/mol. The van der Waals surface area contributed by atoms with Crippen molar-refractivity contribution >= 4 is 27.5 Å². The van der Waals surface area contributed by atoms with Gasteiger partial charge < -0.3 is 10.3 Å². The lowest BCUT2D eigenvalue weighted by atomic mass is 9.87. The van der Waals surface area contributed by atoms with E-state index >= 15 is 0 Å². The van der Waals surface area contributed by atoms with Gasteiger partial charge in [-0.25, -0.2) is 0 Å². The van der Waals surface area contributed by atoms with Crippen LogP contribution < -0.4 is 5.73 Å². The normalized spacial score (nSPS) is 14.0. The summed E-state index contributed by atoms with van der Waals surface area (Å²) >= 11 is 0. The highest BCUT2D eigenvalue weighted by molar-refractivity contribution is 6.09. The van der Waals surface area contributed by atoms with Crippen LogP contribution in [0.2, 0.25) is 0 Å². The van der Waals surface area contributed by atoms with Gasteiger partial charge in [-0.15, -0.1) is 0 Å². The van der Waals surface area contributed by atoms with E-state index in [9.17, 15) is 0 Å². The molecule has 146 valence electrons. The molecule has 1 aromatic heterocycles. The van der Waals surface area contributed by atoms with Gasteiger partial charge in [0.15, 0.2) is 0 Å². The minimum atomic E-state index is 0.137. The van der Waals surface area contributed by atoms with E-state index in [0.29, 0.717) is 0 Å². The van der Waals surface area contributed by atoms with Crippen LogP contribution in [-0.2, 0) is 5.54 Å². The second-order valence-electron chi connectivity index (χ2n) is 8.39. The lowest BCUT2D eigenvalue weighted by molar-refractivity contribution is 0.267. The molecule has 0 bridgehead atoms. The van der Waals surface area contributed by atoms with Gasteiger partial charge in [-0.3, -0.25) is 0 Å². The average Bonchev–Trinajstić information content (AvgIpc) is 2.99. The second-order valence-corrected chi connectivity index (χ2v) is 8.39. The van der Waals surface area contributed by atoms with Gasteiger partial charge in [0, 0.05) is 27.5 Å². The third kappa shape index (κ3) is 4.15. The molecule has 3 rings (SSSR count). The summed E-state index contributed by atoms with van der Waals surface area (Å²) in [6, 6.07) is 15.3.